The number of para-hydroxylation sites is 1. The molecule has 2 aromatic carbocycles. The number of hydrogen-bond donors (Lipinski definition) is 0. The van der Waals surface area contributed by atoms with Crippen molar-refractivity contribution >= 4 is 5.91 Å². The van der Waals surface area contributed by atoms with Gasteiger partial charge < -0.3 is 9.64 Å². The third-order valence-corrected chi connectivity index (χ3v) is 4.68. The third kappa shape index (κ3) is 5.56. The van der Waals surface area contributed by atoms with Crippen LogP contribution in [0.5, 0.6) is 5.75 Å². The van der Waals surface area contributed by atoms with Crippen molar-refractivity contribution in [1.82, 2.24) is 9.80 Å². The van der Waals surface area contributed by atoms with Crippen LogP contribution in [0.3, 0.4) is 0 Å². The fraction of sp³-hybridized carbons (Fsp3) is 0.381. The van der Waals surface area contributed by atoms with Gasteiger partial charge >= 0.3 is 0 Å². The second-order valence-corrected chi connectivity index (χ2v) is 6.55. The van der Waals surface area contributed by atoms with Crippen LogP contribution < -0.4 is 4.74 Å². The molecule has 1 amide bonds. The molecule has 5 heteroatoms. The van der Waals surface area contributed by atoms with Gasteiger partial charge in [0.1, 0.15) is 11.6 Å². The van der Waals surface area contributed by atoms with Gasteiger partial charge in [-0.1, -0.05) is 30.3 Å². The highest BCUT2D eigenvalue weighted by molar-refractivity contribution is 5.77. The van der Waals surface area contributed by atoms with Gasteiger partial charge in [-0.2, -0.15) is 0 Å². The number of halogens is 1. The molecule has 0 radical (unpaired) electrons. The molecule has 1 aliphatic rings. The number of piperazine rings is 1. The molecule has 1 heterocycles. The lowest BCUT2D eigenvalue weighted by Gasteiger charge is -2.34. The first-order valence-electron chi connectivity index (χ1n) is 9.13. The maximum Gasteiger partial charge on any atom is 0.260 e. The highest BCUT2D eigenvalue weighted by atomic mass is 19.1. The Morgan fingerprint density at radius 1 is 0.962 bits per heavy atom. The van der Waals surface area contributed by atoms with Crippen molar-refractivity contribution in [2.75, 3.05) is 39.3 Å². The Kier molecular flexibility index (Phi) is 6.61. The molecule has 1 saturated heterocycles. The minimum Gasteiger partial charge on any atom is -0.484 e. The zero-order valence-corrected chi connectivity index (χ0v) is 14.9. The summed E-state index contributed by atoms with van der Waals surface area (Å²) in [5.41, 5.74) is 1.17. The Labute approximate surface area is 154 Å². The highest BCUT2D eigenvalue weighted by Gasteiger charge is 2.21. The van der Waals surface area contributed by atoms with Crippen LogP contribution in [-0.2, 0) is 11.2 Å². The molecule has 0 unspecified atom stereocenters. The zero-order valence-electron chi connectivity index (χ0n) is 14.9. The number of hydrogen-bond acceptors (Lipinski definition) is 3. The number of nitrogens with zero attached hydrogens (tertiary/aromatic N) is 2. The molecule has 1 aliphatic heterocycles. The van der Waals surface area contributed by atoms with E-state index in [2.05, 4.69) is 4.90 Å². The fourth-order valence-corrected chi connectivity index (χ4v) is 3.13. The molecule has 0 saturated carbocycles. The molecule has 2 aromatic rings. The van der Waals surface area contributed by atoms with E-state index in [-0.39, 0.29) is 18.3 Å². The number of amides is 1. The van der Waals surface area contributed by atoms with E-state index in [1.807, 2.05) is 47.4 Å². The van der Waals surface area contributed by atoms with E-state index in [1.54, 1.807) is 0 Å². The molecule has 0 aromatic heterocycles. The van der Waals surface area contributed by atoms with Crippen LogP contribution in [-0.4, -0.2) is 55.0 Å². The SMILES string of the molecule is O=C(COc1ccccc1)N1CCN(CCCc2ccc(F)cc2)CC1. The lowest BCUT2D eigenvalue weighted by Crippen LogP contribution is -2.50. The molecule has 0 atom stereocenters. The standard InChI is InChI=1S/C21H25FN2O2/c22-19-10-8-18(9-11-19)5-4-12-23-13-15-24(16-14-23)21(25)17-26-20-6-2-1-3-7-20/h1-3,6-11H,4-5,12-17H2. The maximum absolute atomic E-state index is 12.9. The number of carbonyl (C=O) groups is 1. The van der Waals surface area contributed by atoms with Crippen molar-refractivity contribution in [2.45, 2.75) is 12.8 Å². The first kappa shape index (κ1) is 18.4. The Balaban J connectivity index is 1.33. The molecule has 4 nitrogen and oxygen atoms in total. The molecule has 0 N–H and O–H groups in total. The van der Waals surface area contributed by atoms with Crippen molar-refractivity contribution in [1.29, 1.82) is 0 Å². The van der Waals surface area contributed by atoms with E-state index in [1.165, 1.54) is 17.7 Å². The van der Waals surface area contributed by atoms with Crippen molar-refractivity contribution < 1.29 is 13.9 Å². The summed E-state index contributed by atoms with van der Waals surface area (Å²) >= 11 is 0. The molecule has 3 rings (SSSR count). The molecule has 26 heavy (non-hydrogen) atoms. The van der Waals surface area contributed by atoms with Gasteiger partial charge in [0.25, 0.3) is 5.91 Å². The van der Waals surface area contributed by atoms with Gasteiger partial charge in [-0.15, -0.1) is 0 Å². The van der Waals surface area contributed by atoms with Crippen molar-refractivity contribution in [3.63, 3.8) is 0 Å². The molecule has 138 valence electrons. The van der Waals surface area contributed by atoms with Gasteiger partial charge in [0.15, 0.2) is 6.61 Å². The maximum atomic E-state index is 12.9. The van der Waals surface area contributed by atoms with Gasteiger partial charge in [-0.25, -0.2) is 4.39 Å². The number of aryl methyl sites for hydroxylation is 1. The monoisotopic (exact) mass is 356 g/mol. The smallest absolute Gasteiger partial charge is 0.260 e. The van der Waals surface area contributed by atoms with Crippen LogP contribution >= 0.6 is 0 Å². The summed E-state index contributed by atoms with van der Waals surface area (Å²) in [6, 6.07) is 16.1. The van der Waals surface area contributed by atoms with Crippen molar-refractivity contribution in [3.05, 3.63) is 66.0 Å². The van der Waals surface area contributed by atoms with Crippen LogP contribution in [0.25, 0.3) is 0 Å². The number of carbonyl (C=O) groups excluding carboxylic acids is 1. The van der Waals surface area contributed by atoms with E-state index in [0.717, 1.165) is 51.3 Å². The molecule has 0 bridgehead atoms. The molecular weight excluding hydrogens is 331 g/mol. The van der Waals surface area contributed by atoms with E-state index in [9.17, 15) is 9.18 Å². The van der Waals surface area contributed by atoms with Gasteiger partial charge in [0, 0.05) is 26.2 Å². The predicted molar refractivity (Wildman–Crippen MR) is 99.7 cm³/mol. The Bertz CT molecular complexity index is 683. The van der Waals surface area contributed by atoms with E-state index in [0.29, 0.717) is 0 Å². The number of ether oxygens (including phenoxy) is 1. The number of rotatable bonds is 7. The fourth-order valence-electron chi connectivity index (χ4n) is 3.13. The topological polar surface area (TPSA) is 32.8 Å². The first-order valence-corrected chi connectivity index (χ1v) is 9.13. The second kappa shape index (κ2) is 9.34. The van der Waals surface area contributed by atoms with Crippen LogP contribution in [0.2, 0.25) is 0 Å². The summed E-state index contributed by atoms with van der Waals surface area (Å²) in [5, 5.41) is 0. The van der Waals surface area contributed by atoms with E-state index in [4.69, 9.17) is 4.74 Å². The summed E-state index contributed by atoms with van der Waals surface area (Å²) in [7, 11) is 0. The van der Waals surface area contributed by atoms with Crippen LogP contribution in [0.4, 0.5) is 4.39 Å². The normalized spacial score (nSPS) is 15.0. The molecule has 1 fully saturated rings. The summed E-state index contributed by atoms with van der Waals surface area (Å²) in [5.74, 6) is 0.575. The van der Waals surface area contributed by atoms with E-state index < -0.39 is 0 Å². The lowest BCUT2D eigenvalue weighted by atomic mass is 10.1. The average Bonchev–Trinajstić information content (AvgIpc) is 2.69. The molecular formula is C21H25FN2O2. The van der Waals surface area contributed by atoms with Crippen LogP contribution in [0.1, 0.15) is 12.0 Å². The first-order chi connectivity index (χ1) is 12.7. The van der Waals surface area contributed by atoms with Crippen molar-refractivity contribution in [3.8, 4) is 5.75 Å². The van der Waals surface area contributed by atoms with Gasteiger partial charge in [0.2, 0.25) is 0 Å². The van der Waals surface area contributed by atoms with E-state index >= 15 is 0 Å². The quantitative estimate of drug-likeness (QED) is 0.765. The van der Waals surface area contributed by atoms with Crippen molar-refractivity contribution in [2.24, 2.45) is 0 Å². The molecule has 0 aliphatic carbocycles. The van der Waals surface area contributed by atoms with Gasteiger partial charge in [-0.3, -0.25) is 9.69 Å². The highest BCUT2D eigenvalue weighted by Crippen LogP contribution is 2.10. The summed E-state index contributed by atoms with van der Waals surface area (Å²) in [4.78, 5) is 16.5. The van der Waals surface area contributed by atoms with Gasteiger partial charge in [0.05, 0.1) is 0 Å². The minimum absolute atomic E-state index is 0.0415. The predicted octanol–water partition coefficient (Wildman–Crippen LogP) is 2.98. The Hall–Kier alpha value is -2.40. The molecule has 0 spiro atoms. The largest absolute Gasteiger partial charge is 0.484 e. The zero-order chi connectivity index (χ0) is 18.2. The second-order valence-electron chi connectivity index (χ2n) is 6.55. The summed E-state index contributed by atoms with van der Waals surface area (Å²) < 4.78 is 18.4. The summed E-state index contributed by atoms with van der Waals surface area (Å²) in [6.07, 6.45) is 1.99. The summed E-state index contributed by atoms with van der Waals surface area (Å²) in [6.45, 7) is 4.36. The third-order valence-electron chi connectivity index (χ3n) is 4.68. The minimum atomic E-state index is -0.189. The average molecular weight is 356 g/mol. The van der Waals surface area contributed by atoms with Gasteiger partial charge in [-0.05, 0) is 49.2 Å². The Morgan fingerprint density at radius 2 is 1.65 bits per heavy atom. The Morgan fingerprint density at radius 3 is 2.35 bits per heavy atom. The number of benzene rings is 2. The lowest BCUT2D eigenvalue weighted by molar-refractivity contribution is -0.135. The van der Waals surface area contributed by atoms with Crippen LogP contribution in [0.15, 0.2) is 54.6 Å². The van der Waals surface area contributed by atoms with Crippen LogP contribution in [0, 0.1) is 5.82 Å².